The Kier molecular flexibility index (Phi) is 5.16. The van der Waals surface area contributed by atoms with Gasteiger partial charge in [-0.2, -0.15) is 0 Å². The van der Waals surface area contributed by atoms with Crippen LogP contribution in [-0.2, 0) is 4.79 Å². The van der Waals surface area contributed by atoms with E-state index in [1.807, 2.05) is 38.1 Å². The molecule has 0 heterocycles. The summed E-state index contributed by atoms with van der Waals surface area (Å²) in [6.45, 7) is 5.62. The van der Waals surface area contributed by atoms with E-state index in [0.29, 0.717) is 0 Å². The normalized spacial score (nSPS) is 15.8. The first-order chi connectivity index (χ1) is 8.45. The predicted molar refractivity (Wildman–Crippen MR) is 70.8 cm³/mol. The third-order valence-corrected chi connectivity index (χ3v) is 3.27. The number of carbonyl (C=O) groups is 1. The summed E-state index contributed by atoms with van der Waals surface area (Å²) in [5, 5.41) is 12.2. The summed E-state index contributed by atoms with van der Waals surface area (Å²) in [5.41, 5.74) is 1.11. The van der Waals surface area contributed by atoms with Crippen molar-refractivity contribution in [3.8, 4) is 5.75 Å². The maximum atomic E-state index is 10.9. The Morgan fingerprint density at radius 3 is 2.22 bits per heavy atom. The molecular weight excluding hydrogens is 230 g/mol. The van der Waals surface area contributed by atoms with Crippen molar-refractivity contribution in [2.24, 2.45) is 5.92 Å². The van der Waals surface area contributed by atoms with Gasteiger partial charge in [0.05, 0.1) is 13.0 Å². The Morgan fingerprint density at radius 1 is 1.22 bits per heavy atom. The lowest BCUT2D eigenvalue weighted by Gasteiger charge is -2.23. The second-order valence-corrected chi connectivity index (χ2v) is 4.58. The van der Waals surface area contributed by atoms with Crippen molar-refractivity contribution in [1.29, 1.82) is 0 Å². The average molecular weight is 251 g/mol. The van der Waals surface area contributed by atoms with Crippen molar-refractivity contribution in [2.75, 3.05) is 7.11 Å². The van der Waals surface area contributed by atoms with Crippen LogP contribution >= 0.6 is 0 Å². The number of ether oxygens (including phenoxy) is 1. The number of aliphatic carboxylic acids is 1. The van der Waals surface area contributed by atoms with Gasteiger partial charge in [-0.15, -0.1) is 0 Å². The highest BCUT2D eigenvalue weighted by molar-refractivity contribution is 5.70. The summed E-state index contributed by atoms with van der Waals surface area (Å²) in [6, 6.07) is 7.79. The van der Waals surface area contributed by atoms with Crippen LogP contribution in [0.15, 0.2) is 24.3 Å². The molecule has 0 bridgehead atoms. The van der Waals surface area contributed by atoms with E-state index in [0.717, 1.165) is 11.3 Å². The van der Waals surface area contributed by atoms with Gasteiger partial charge in [0, 0.05) is 12.1 Å². The topological polar surface area (TPSA) is 58.6 Å². The molecule has 1 aromatic carbocycles. The van der Waals surface area contributed by atoms with Crippen LogP contribution in [0.4, 0.5) is 0 Å². The Balaban J connectivity index is 2.63. The lowest BCUT2D eigenvalue weighted by molar-refractivity contribution is -0.142. The van der Waals surface area contributed by atoms with Crippen molar-refractivity contribution in [3.63, 3.8) is 0 Å². The number of benzene rings is 1. The minimum atomic E-state index is -0.781. The van der Waals surface area contributed by atoms with Gasteiger partial charge in [-0.25, -0.2) is 0 Å². The molecule has 0 saturated heterocycles. The molecule has 0 aliphatic carbocycles. The maximum absolute atomic E-state index is 10.9. The van der Waals surface area contributed by atoms with E-state index >= 15 is 0 Å². The Labute approximate surface area is 108 Å². The Hall–Kier alpha value is -1.55. The van der Waals surface area contributed by atoms with Crippen LogP contribution in [0.2, 0.25) is 0 Å². The number of carboxylic acids is 1. The van der Waals surface area contributed by atoms with Crippen LogP contribution in [-0.4, -0.2) is 24.2 Å². The Bertz CT molecular complexity index is 389. The lowest BCUT2D eigenvalue weighted by Crippen LogP contribution is -2.37. The van der Waals surface area contributed by atoms with Crippen molar-refractivity contribution < 1.29 is 14.6 Å². The number of rotatable bonds is 6. The van der Waals surface area contributed by atoms with Crippen LogP contribution in [0, 0.1) is 5.92 Å². The fourth-order valence-corrected chi connectivity index (χ4v) is 1.74. The van der Waals surface area contributed by atoms with Gasteiger partial charge in [0.2, 0.25) is 0 Å². The quantitative estimate of drug-likeness (QED) is 0.815. The molecule has 0 aromatic heterocycles. The van der Waals surface area contributed by atoms with E-state index in [4.69, 9.17) is 9.84 Å². The van der Waals surface area contributed by atoms with Crippen LogP contribution in [0.25, 0.3) is 0 Å². The number of hydrogen-bond donors (Lipinski definition) is 2. The van der Waals surface area contributed by atoms with Gasteiger partial charge < -0.3 is 15.2 Å². The zero-order chi connectivity index (χ0) is 13.7. The highest BCUT2D eigenvalue weighted by Gasteiger charge is 2.20. The highest BCUT2D eigenvalue weighted by Crippen LogP contribution is 2.18. The smallest absolute Gasteiger partial charge is 0.307 e. The van der Waals surface area contributed by atoms with E-state index in [1.165, 1.54) is 0 Å². The van der Waals surface area contributed by atoms with E-state index in [1.54, 1.807) is 14.0 Å². The Morgan fingerprint density at radius 2 is 1.78 bits per heavy atom. The van der Waals surface area contributed by atoms with Gasteiger partial charge in [0.1, 0.15) is 5.75 Å². The summed E-state index contributed by atoms with van der Waals surface area (Å²) in [7, 11) is 1.63. The zero-order valence-electron chi connectivity index (χ0n) is 11.3. The fraction of sp³-hybridized carbons (Fsp3) is 0.500. The van der Waals surface area contributed by atoms with Gasteiger partial charge in [-0.3, -0.25) is 4.79 Å². The van der Waals surface area contributed by atoms with E-state index in [2.05, 4.69) is 5.32 Å². The van der Waals surface area contributed by atoms with Gasteiger partial charge >= 0.3 is 5.97 Å². The molecule has 0 radical (unpaired) electrons. The molecule has 0 aliphatic rings. The van der Waals surface area contributed by atoms with Crippen molar-refractivity contribution in [1.82, 2.24) is 5.32 Å². The highest BCUT2D eigenvalue weighted by atomic mass is 16.5. The first-order valence-corrected chi connectivity index (χ1v) is 6.08. The number of carboxylic acid groups (broad SMARTS) is 1. The zero-order valence-corrected chi connectivity index (χ0v) is 11.3. The first kappa shape index (κ1) is 14.5. The molecule has 4 heteroatoms. The van der Waals surface area contributed by atoms with Gasteiger partial charge in [-0.05, 0) is 31.5 Å². The van der Waals surface area contributed by atoms with E-state index in [-0.39, 0.29) is 12.1 Å². The molecule has 4 nitrogen and oxygen atoms in total. The summed E-state index contributed by atoms with van der Waals surface area (Å²) in [6.07, 6.45) is 0. The summed E-state index contributed by atoms with van der Waals surface area (Å²) < 4.78 is 5.10. The number of methoxy groups -OCH3 is 1. The molecule has 3 atom stereocenters. The van der Waals surface area contributed by atoms with E-state index < -0.39 is 11.9 Å². The van der Waals surface area contributed by atoms with Gasteiger partial charge in [-0.1, -0.05) is 19.1 Å². The molecule has 0 spiro atoms. The molecule has 1 aromatic rings. The van der Waals surface area contributed by atoms with Crippen LogP contribution < -0.4 is 10.1 Å². The van der Waals surface area contributed by atoms with E-state index in [9.17, 15) is 4.79 Å². The van der Waals surface area contributed by atoms with Crippen molar-refractivity contribution in [2.45, 2.75) is 32.9 Å². The largest absolute Gasteiger partial charge is 0.497 e. The maximum Gasteiger partial charge on any atom is 0.307 e. The molecule has 100 valence electrons. The predicted octanol–water partition coefficient (Wildman–Crippen LogP) is 2.46. The first-order valence-electron chi connectivity index (χ1n) is 6.08. The molecule has 0 aliphatic heterocycles. The summed E-state index contributed by atoms with van der Waals surface area (Å²) in [4.78, 5) is 10.9. The third kappa shape index (κ3) is 3.74. The molecule has 2 N–H and O–H groups in total. The number of nitrogens with one attached hydrogen (secondary N) is 1. The summed E-state index contributed by atoms with van der Waals surface area (Å²) >= 11 is 0. The lowest BCUT2D eigenvalue weighted by atomic mass is 10.0. The SMILES string of the molecule is COc1ccc([C@@H](C)NC(C)C(C)C(=O)O)cc1. The monoisotopic (exact) mass is 251 g/mol. The third-order valence-electron chi connectivity index (χ3n) is 3.27. The summed E-state index contributed by atoms with van der Waals surface area (Å²) in [5.74, 6) is -0.375. The molecule has 0 amide bonds. The molecule has 1 rings (SSSR count). The van der Waals surface area contributed by atoms with Crippen LogP contribution in [0.1, 0.15) is 32.4 Å². The molecule has 0 fully saturated rings. The second-order valence-electron chi connectivity index (χ2n) is 4.58. The van der Waals surface area contributed by atoms with Crippen LogP contribution in [0.5, 0.6) is 5.75 Å². The van der Waals surface area contributed by atoms with Gasteiger partial charge in [0.25, 0.3) is 0 Å². The van der Waals surface area contributed by atoms with Crippen LogP contribution in [0.3, 0.4) is 0 Å². The second kappa shape index (κ2) is 6.40. The minimum absolute atomic E-state index is 0.0837. The number of hydrogen-bond acceptors (Lipinski definition) is 3. The molecule has 0 saturated carbocycles. The van der Waals surface area contributed by atoms with Crippen molar-refractivity contribution >= 4 is 5.97 Å². The van der Waals surface area contributed by atoms with Gasteiger partial charge in [0.15, 0.2) is 0 Å². The standard InChI is InChI=1S/C14H21NO3/c1-9(14(16)17)10(2)15-11(3)12-5-7-13(18-4)8-6-12/h5-11,15H,1-4H3,(H,16,17)/t9?,10?,11-/m1/s1. The molecule has 18 heavy (non-hydrogen) atoms. The minimum Gasteiger partial charge on any atom is -0.497 e. The molecular formula is C14H21NO3. The van der Waals surface area contributed by atoms with Crippen molar-refractivity contribution in [3.05, 3.63) is 29.8 Å². The fourth-order valence-electron chi connectivity index (χ4n) is 1.74. The average Bonchev–Trinajstić information content (AvgIpc) is 2.37. The molecule has 2 unspecified atom stereocenters.